The highest BCUT2D eigenvalue weighted by Crippen LogP contribution is 2.31. The third-order valence-corrected chi connectivity index (χ3v) is 5.42. The Labute approximate surface area is 173 Å². The molecule has 1 saturated heterocycles. The van der Waals surface area contributed by atoms with Crippen LogP contribution in [-0.2, 0) is 14.4 Å². The van der Waals surface area contributed by atoms with Crippen molar-refractivity contribution in [1.82, 2.24) is 10.2 Å². The van der Waals surface area contributed by atoms with Crippen LogP contribution in [0, 0.1) is 5.92 Å². The van der Waals surface area contributed by atoms with Gasteiger partial charge in [-0.2, -0.15) is 0 Å². The fourth-order valence-electron chi connectivity index (χ4n) is 2.49. The van der Waals surface area contributed by atoms with Crippen molar-refractivity contribution in [1.29, 1.82) is 0 Å². The second-order valence-corrected chi connectivity index (χ2v) is 8.18. The predicted octanol–water partition coefficient (Wildman–Crippen LogP) is 3.06. The quantitative estimate of drug-likeness (QED) is 0.498. The lowest BCUT2D eigenvalue weighted by atomic mass is 10.0. The molecule has 1 aliphatic heterocycles. The molecule has 148 valence electrons. The van der Waals surface area contributed by atoms with Gasteiger partial charge in [0.2, 0.25) is 5.91 Å². The van der Waals surface area contributed by atoms with Gasteiger partial charge in [0.1, 0.15) is 10.4 Å². The van der Waals surface area contributed by atoms with Crippen LogP contribution in [0.15, 0.2) is 47.4 Å². The Morgan fingerprint density at radius 3 is 2.57 bits per heavy atom. The van der Waals surface area contributed by atoms with Crippen LogP contribution in [0.2, 0.25) is 0 Å². The third kappa shape index (κ3) is 6.03. The number of amides is 2. The highest BCUT2D eigenvalue weighted by Gasteiger charge is 2.32. The number of carbonyl (C=O) groups is 3. The average Bonchev–Trinajstić information content (AvgIpc) is 2.91. The van der Waals surface area contributed by atoms with E-state index in [2.05, 4.69) is 5.32 Å². The normalized spacial score (nSPS) is 17.0. The molecule has 0 aliphatic carbocycles. The molecule has 1 aromatic carbocycles. The van der Waals surface area contributed by atoms with Crippen molar-refractivity contribution >= 4 is 52.2 Å². The summed E-state index contributed by atoms with van der Waals surface area (Å²) in [5, 5.41) is 11.6. The summed E-state index contributed by atoms with van der Waals surface area (Å²) in [5.41, 5.74) is 1.02. The molecule has 1 heterocycles. The number of hydrogen-bond donors (Lipinski definition) is 2. The van der Waals surface area contributed by atoms with E-state index >= 15 is 0 Å². The Morgan fingerprint density at radius 1 is 1.29 bits per heavy atom. The SMILES string of the molecule is CC(C)C(NC(=O)CCN1C(=O)/C(=C\C=C\c2ccccc2)SC1=S)C(=O)O. The van der Waals surface area contributed by atoms with Gasteiger partial charge in [-0.1, -0.05) is 80.3 Å². The minimum atomic E-state index is -1.08. The summed E-state index contributed by atoms with van der Waals surface area (Å²) in [4.78, 5) is 37.6. The van der Waals surface area contributed by atoms with Gasteiger partial charge in [-0.15, -0.1) is 0 Å². The van der Waals surface area contributed by atoms with Gasteiger partial charge < -0.3 is 10.4 Å². The molecule has 0 saturated carbocycles. The molecule has 2 N–H and O–H groups in total. The van der Waals surface area contributed by atoms with E-state index in [0.717, 1.165) is 5.56 Å². The molecule has 1 aliphatic rings. The molecule has 2 amide bonds. The van der Waals surface area contributed by atoms with Gasteiger partial charge in [0, 0.05) is 13.0 Å². The number of thioether (sulfide) groups is 1. The number of allylic oxidation sites excluding steroid dienone is 2. The van der Waals surface area contributed by atoms with Gasteiger partial charge in [0.15, 0.2) is 0 Å². The van der Waals surface area contributed by atoms with Gasteiger partial charge in [-0.3, -0.25) is 14.5 Å². The zero-order chi connectivity index (χ0) is 20.7. The fraction of sp³-hybridized carbons (Fsp3) is 0.300. The summed E-state index contributed by atoms with van der Waals surface area (Å²) in [7, 11) is 0. The zero-order valence-electron chi connectivity index (χ0n) is 15.6. The van der Waals surface area contributed by atoms with Crippen molar-refractivity contribution in [2.24, 2.45) is 5.92 Å². The average molecular weight is 419 g/mol. The van der Waals surface area contributed by atoms with Crippen LogP contribution in [0.25, 0.3) is 6.08 Å². The van der Waals surface area contributed by atoms with Crippen LogP contribution >= 0.6 is 24.0 Å². The monoisotopic (exact) mass is 418 g/mol. The third-order valence-electron chi connectivity index (χ3n) is 4.02. The number of aliphatic carboxylic acids is 1. The minimum absolute atomic E-state index is 0.0178. The number of nitrogens with one attached hydrogen (secondary N) is 1. The first-order valence-corrected chi connectivity index (χ1v) is 10.0. The van der Waals surface area contributed by atoms with Crippen molar-refractivity contribution in [2.45, 2.75) is 26.3 Å². The number of rotatable bonds is 8. The van der Waals surface area contributed by atoms with E-state index in [9.17, 15) is 14.4 Å². The molecule has 8 heteroatoms. The molecular formula is C20H22N2O4S2. The number of thiocarbonyl (C=S) groups is 1. The Morgan fingerprint density at radius 2 is 1.96 bits per heavy atom. The molecule has 2 rings (SSSR count). The molecule has 0 bridgehead atoms. The highest BCUT2D eigenvalue weighted by atomic mass is 32.2. The van der Waals surface area contributed by atoms with Crippen molar-refractivity contribution in [3.63, 3.8) is 0 Å². The van der Waals surface area contributed by atoms with E-state index in [1.165, 1.54) is 16.7 Å². The summed E-state index contributed by atoms with van der Waals surface area (Å²) in [6, 6.07) is 8.74. The van der Waals surface area contributed by atoms with E-state index in [4.69, 9.17) is 17.3 Å². The number of carboxylic acid groups (broad SMARTS) is 1. The van der Waals surface area contributed by atoms with Crippen molar-refractivity contribution in [3.8, 4) is 0 Å². The first kappa shape index (κ1) is 21.8. The molecule has 6 nitrogen and oxygen atoms in total. The van der Waals surface area contributed by atoms with E-state index in [-0.39, 0.29) is 24.8 Å². The Hall–Kier alpha value is -2.45. The lowest BCUT2D eigenvalue weighted by Crippen LogP contribution is -2.45. The maximum absolute atomic E-state index is 12.5. The molecule has 1 unspecified atom stereocenters. The second kappa shape index (κ2) is 10.2. The molecular weight excluding hydrogens is 396 g/mol. The van der Waals surface area contributed by atoms with Crippen molar-refractivity contribution in [2.75, 3.05) is 6.54 Å². The standard InChI is InChI=1S/C20H22N2O4S2/c1-13(2)17(19(25)26)21-16(23)11-12-22-18(24)15(28-20(22)27)10-6-9-14-7-4-3-5-8-14/h3-10,13,17H,11-12H2,1-2H3,(H,21,23)(H,25,26)/b9-6+,15-10+. The number of hydrogen-bond acceptors (Lipinski definition) is 5. The predicted molar refractivity (Wildman–Crippen MR) is 114 cm³/mol. The fourth-order valence-corrected chi connectivity index (χ4v) is 3.75. The van der Waals surface area contributed by atoms with Gasteiger partial charge in [-0.25, -0.2) is 4.79 Å². The number of carbonyl (C=O) groups excluding carboxylic acids is 2. The van der Waals surface area contributed by atoms with Crippen molar-refractivity contribution < 1.29 is 19.5 Å². The molecule has 1 fully saturated rings. The zero-order valence-corrected chi connectivity index (χ0v) is 17.3. The summed E-state index contributed by atoms with van der Waals surface area (Å²) in [5.74, 6) is -2.00. The molecule has 0 radical (unpaired) electrons. The Kier molecular flexibility index (Phi) is 7.95. The summed E-state index contributed by atoms with van der Waals surface area (Å²) in [6.07, 6.45) is 5.36. The molecule has 0 spiro atoms. The van der Waals surface area contributed by atoms with Gasteiger partial charge in [0.25, 0.3) is 5.91 Å². The first-order valence-electron chi connectivity index (χ1n) is 8.79. The molecule has 1 aromatic rings. The van der Waals surface area contributed by atoms with Gasteiger partial charge in [-0.05, 0) is 17.6 Å². The van der Waals surface area contributed by atoms with Crippen LogP contribution < -0.4 is 5.32 Å². The summed E-state index contributed by atoms with van der Waals surface area (Å²) >= 11 is 6.42. The van der Waals surface area contributed by atoms with E-state index in [0.29, 0.717) is 9.23 Å². The maximum Gasteiger partial charge on any atom is 0.326 e. The molecule has 28 heavy (non-hydrogen) atoms. The summed E-state index contributed by atoms with van der Waals surface area (Å²) in [6.45, 7) is 3.55. The van der Waals surface area contributed by atoms with Gasteiger partial charge in [0.05, 0.1) is 4.91 Å². The molecule has 1 atom stereocenters. The van der Waals surface area contributed by atoms with Crippen LogP contribution in [-0.4, -0.2) is 44.7 Å². The number of benzene rings is 1. The first-order chi connectivity index (χ1) is 13.3. The van der Waals surface area contributed by atoms with Crippen LogP contribution in [0.1, 0.15) is 25.8 Å². The lowest BCUT2D eigenvalue weighted by Gasteiger charge is -2.19. The van der Waals surface area contributed by atoms with Crippen molar-refractivity contribution in [3.05, 3.63) is 53.0 Å². The topological polar surface area (TPSA) is 86.7 Å². The maximum atomic E-state index is 12.5. The largest absolute Gasteiger partial charge is 0.480 e. The van der Waals surface area contributed by atoms with E-state index < -0.39 is 17.9 Å². The Bertz CT molecular complexity index is 819. The van der Waals surface area contributed by atoms with E-state index in [1.807, 2.05) is 36.4 Å². The number of carboxylic acids is 1. The summed E-state index contributed by atoms with van der Waals surface area (Å²) < 4.78 is 0.385. The van der Waals surface area contributed by atoms with E-state index in [1.54, 1.807) is 26.0 Å². The van der Waals surface area contributed by atoms with Crippen LogP contribution in [0.5, 0.6) is 0 Å². The Balaban J connectivity index is 1.92. The highest BCUT2D eigenvalue weighted by molar-refractivity contribution is 8.26. The van der Waals surface area contributed by atoms with Gasteiger partial charge >= 0.3 is 5.97 Å². The second-order valence-electron chi connectivity index (χ2n) is 6.50. The van der Waals surface area contributed by atoms with Crippen LogP contribution in [0.3, 0.4) is 0 Å². The van der Waals surface area contributed by atoms with Crippen LogP contribution in [0.4, 0.5) is 0 Å². The number of nitrogens with zero attached hydrogens (tertiary/aromatic N) is 1. The lowest BCUT2D eigenvalue weighted by molar-refractivity contribution is -0.143. The minimum Gasteiger partial charge on any atom is -0.480 e. The molecule has 0 aromatic heterocycles. The smallest absolute Gasteiger partial charge is 0.326 e.